The van der Waals surface area contributed by atoms with E-state index >= 15 is 0 Å². The first-order valence-corrected chi connectivity index (χ1v) is 13.4. The molecule has 0 saturated carbocycles. The van der Waals surface area contributed by atoms with Crippen LogP contribution in [0.3, 0.4) is 0 Å². The molecule has 0 aliphatic carbocycles. The van der Waals surface area contributed by atoms with Gasteiger partial charge in [-0.25, -0.2) is 27.7 Å². The number of anilines is 2. The van der Waals surface area contributed by atoms with Gasteiger partial charge in [-0.3, -0.25) is 4.79 Å². The Morgan fingerprint density at radius 2 is 1.78 bits per heavy atom. The number of fused-ring (bicyclic) bond motifs is 1. The summed E-state index contributed by atoms with van der Waals surface area (Å²) in [6.45, 7) is 1.06. The molecule has 4 aromatic rings. The Morgan fingerprint density at radius 1 is 1.08 bits per heavy atom. The number of sulfonamides is 1. The van der Waals surface area contributed by atoms with Crippen molar-refractivity contribution in [1.82, 2.24) is 24.2 Å². The summed E-state index contributed by atoms with van der Waals surface area (Å²) in [7, 11) is -1.65. The van der Waals surface area contributed by atoms with Gasteiger partial charge >= 0.3 is 6.01 Å². The Labute approximate surface area is 208 Å². The number of piperidine rings is 1. The zero-order valence-corrected chi connectivity index (χ0v) is 20.7. The minimum Gasteiger partial charge on any atom is -0.467 e. The van der Waals surface area contributed by atoms with Crippen LogP contribution < -0.4 is 15.6 Å². The molecule has 1 fully saturated rings. The van der Waals surface area contributed by atoms with E-state index in [0.717, 1.165) is 29.5 Å². The Balaban J connectivity index is 1.42. The molecule has 0 spiro atoms. The monoisotopic (exact) mass is 506 g/mol. The average molecular weight is 507 g/mol. The first-order chi connectivity index (χ1) is 17.3. The normalized spacial score (nSPS) is 15.2. The molecule has 4 heterocycles. The van der Waals surface area contributed by atoms with Crippen LogP contribution in [0.4, 0.5) is 11.5 Å². The number of nitrogens with one attached hydrogen (secondary N) is 2. The molecule has 1 aromatic carbocycles. The summed E-state index contributed by atoms with van der Waals surface area (Å²) in [6, 6.07) is 11.9. The molecular formula is C25H26N6O4S. The van der Waals surface area contributed by atoms with E-state index in [9.17, 15) is 13.2 Å². The maximum Gasteiger partial charge on any atom is 0.316 e. The van der Waals surface area contributed by atoms with Gasteiger partial charge in [0, 0.05) is 42.9 Å². The first kappa shape index (κ1) is 23.9. The number of hydrogen-bond donors (Lipinski definition) is 2. The van der Waals surface area contributed by atoms with Gasteiger partial charge in [0.1, 0.15) is 5.82 Å². The number of aromatic amines is 1. The molecule has 1 aliphatic rings. The van der Waals surface area contributed by atoms with Crippen LogP contribution in [-0.4, -0.2) is 59.1 Å². The summed E-state index contributed by atoms with van der Waals surface area (Å²) in [6.07, 6.45) is 7.68. The third-order valence-corrected chi connectivity index (χ3v) is 7.73. The van der Waals surface area contributed by atoms with Crippen molar-refractivity contribution in [3.05, 3.63) is 70.9 Å². The molecule has 0 radical (unpaired) electrons. The lowest BCUT2D eigenvalue weighted by Gasteiger charge is -2.30. The maximum atomic E-state index is 12.7. The highest BCUT2D eigenvalue weighted by Gasteiger charge is 2.25. The lowest BCUT2D eigenvalue weighted by molar-refractivity contribution is 0.321. The van der Waals surface area contributed by atoms with Gasteiger partial charge in [0.25, 0.3) is 5.56 Å². The Bertz CT molecular complexity index is 1540. The number of benzene rings is 1. The molecule has 3 aromatic heterocycles. The van der Waals surface area contributed by atoms with E-state index in [1.54, 1.807) is 18.6 Å². The molecule has 2 N–H and O–H groups in total. The summed E-state index contributed by atoms with van der Waals surface area (Å²) in [4.78, 5) is 28.4. The predicted molar refractivity (Wildman–Crippen MR) is 138 cm³/mol. The first-order valence-electron chi connectivity index (χ1n) is 11.5. The fourth-order valence-corrected chi connectivity index (χ4v) is 5.38. The van der Waals surface area contributed by atoms with Crippen LogP contribution in [0.25, 0.3) is 22.0 Å². The second-order valence-electron chi connectivity index (χ2n) is 8.77. The molecule has 5 rings (SSSR count). The smallest absolute Gasteiger partial charge is 0.316 e. The van der Waals surface area contributed by atoms with Crippen LogP contribution in [-0.2, 0) is 10.0 Å². The highest BCUT2D eigenvalue weighted by atomic mass is 32.2. The van der Waals surface area contributed by atoms with Crippen molar-refractivity contribution >= 4 is 32.3 Å². The van der Waals surface area contributed by atoms with Gasteiger partial charge in [0.15, 0.2) is 0 Å². The topological polar surface area (TPSA) is 130 Å². The van der Waals surface area contributed by atoms with Crippen molar-refractivity contribution in [2.45, 2.75) is 18.8 Å². The lowest BCUT2D eigenvalue weighted by Crippen LogP contribution is -2.37. The SMILES string of the molecule is COc1ncc(-c2cc3cc[nH]c(=O)c3c(Nc3ccc(C4CCN(S(C)(=O)=O)CC4)cc3)n2)cn1. The molecule has 186 valence electrons. The van der Waals surface area contributed by atoms with Crippen molar-refractivity contribution in [1.29, 1.82) is 0 Å². The minimum atomic E-state index is -3.15. The minimum absolute atomic E-state index is 0.241. The van der Waals surface area contributed by atoms with E-state index < -0.39 is 10.0 Å². The number of H-pyrrole nitrogens is 1. The van der Waals surface area contributed by atoms with E-state index in [1.807, 2.05) is 36.4 Å². The number of methoxy groups -OCH3 is 1. The number of aromatic nitrogens is 4. The predicted octanol–water partition coefficient (Wildman–Crippen LogP) is 3.27. The van der Waals surface area contributed by atoms with Crippen LogP contribution in [0, 0.1) is 0 Å². The van der Waals surface area contributed by atoms with E-state index in [-0.39, 0.29) is 11.6 Å². The average Bonchev–Trinajstić information content (AvgIpc) is 2.89. The number of ether oxygens (including phenoxy) is 1. The van der Waals surface area contributed by atoms with Gasteiger partial charge in [0.05, 0.1) is 24.4 Å². The number of hydrogen-bond acceptors (Lipinski definition) is 8. The molecular weight excluding hydrogens is 480 g/mol. The molecule has 0 bridgehead atoms. The third kappa shape index (κ3) is 4.93. The highest BCUT2D eigenvalue weighted by molar-refractivity contribution is 7.88. The Morgan fingerprint density at radius 3 is 2.42 bits per heavy atom. The molecule has 1 saturated heterocycles. The Hall–Kier alpha value is -3.83. The van der Waals surface area contributed by atoms with E-state index in [2.05, 4.69) is 20.3 Å². The molecule has 10 nitrogen and oxygen atoms in total. The van der Waals surface area contributed by atoms with Crippen LogP contribution >= 0.6 is 0 Å². The van der Waals surface area contributed by atoms with Gasteiger partial charge in [-0.2, -0.15) is 0 Å². The molecule has 0 atom stereocenters. The van der Waals surface area contributed by atoms with Crippen LogP contribution in [0.15, 0.2) is 59.8 Å². The highest BCUT2D eigenvalue weighted by Crippen LogP contribution is 2.31. The maximum absolute atomic E-state index is 12.7. The zero-order valence-electron chi connectivity index (χ0n) is 19.9. The fraction of sp³-hybridized carbons (Fsp3) is 0.280. The van der Waals surface area contributed by atoms with Crippen LogP contribution in [0.2, 0.25) is 0 Å². The summed E-state index contributed by atoms with van der Waals surface area (Å²) in [5.41, 5.74) is 3.01. The van der Waals surface area contributed by atoms with Gasteiger partial charge in [-0.1, -0.05) is 12.1 Å². The number of pyridine rings is 2. The van der Waals surface area contributed by atoms with Crippen molar-refractivity contribution in [3.8, 4) is 17.3 Å². The molecule has 36 heavy (non-hydrogen) atoms. The van der Waals surface area contributed by atoms with E-state index in [1.165, 1.54) is 17.7 Å². The lowest BCUT2D eigenvalue weighted by atomic mass is 9.90. The molecule has 11 heteroatoms. The van der Waals surface area contributed by atoms with Crippen molar-refractivity contribution < 1.29 is 13.2 Å². The molecule has 1 aliphatic heterocycles. The standard InChI is InChI=1S/C25H26N6O4S/c1-35-25-27-14-19(15-28-25)21-13-18-7-10-26-24(32)22(18)23(30-21)29-20-5-3-16(4-6-20)17-8-11-31(12-9-17)36(2,33)34/h3-7,10,13-15,17H,8-9,11-12H2,1-2H3,(H,26,32)(H,29,30). The van der Waals surface area contributed by atoms with E-state index in [0.29, 0.717) is 41.5 Å². The number of nitrogens with zero attached hydrogens (tertiary/aromatic N) is 4. The van der Waals surface area contributed by atoms with Gasteiger partial charge in [0.2, 0.25) is 10.0 Å². The van der Waals surface area contributed by atoms with Gasteiger partial charge < -0.3 is 15.0 Å². The summed E-state index contributed by atoms with van der Waals surface area (Å²) < 4.78 is 30.1. The van der Waals surface area contributed by atoms with Crippen molar-refractivity contribution in [2.75, 3.05) is 31.8 Å². The van der Waals surface area contributed by atoms with Gasteiger partial charge in [-0.05, 0) is 54.0 Å². The quantitative estimate of drug-likeness (QED) is 0.408. The second kappa shape index (κ2) is 9.67. The van der Waals surface area contributed by atoms with Crippen molar-refractivity contribution in [2.24, 2.45) is 0 Å². The fourth-order valence-electron chi connectivity index (χ4n) is 4.50. The number of rotatable bonds is 6. The summed E-state index contributed by atoms with van der Waals surface area (Å²) >= 11 is 0. The van der Waals surface area contributed by atoms with Crippen LogP contribution in [0.1, 0.15) is 24.3 Å². The zero-order chi connectivity index (χ0) is 25.3. The molecule has 0 unspecified atom stereocenters. The van der Waals surface area contributed by atoms with Crippen LogP contribution in [0.5, 0.6) is 6.01 Å². The second-order valence-corrected chi connectivity index (χ2v) is 10.8. The van der Waals surface area contributed by atoms with Gasteiger partial charge in [-0.15, -0.1) is 0 Å². The largest absolute Gasteiger partial charge is 0.467 e. The van der Waals surface area contributed by atoms with Crippen molar-refractivity contribution in [3.63, 3.8) is 0 Å². The summed E-state index contributed by atoms with van der Waals surface area (Å²) in [5, 5.41) is 4.48. The third-order valence-electron chi connectivity index (χ3n) is 6.43. The molecule has 0 amide bonds. The summed E-state index contributed by atoms with van der Waals surface area (Å²) in [5.74, 6) is 0.728. The van der Waals surface area contributed by atoms with E-state index in [4.69, 9.17) is 9.72 Å². The Kier molecular flexibility index (Phi) is 6.42.